The van der Waals surface area contributed by atoms with Crippen LogP contribution in [0, 0.1) is 17.0 Å². The average molecular weight is 434 g/mol. The van der Waals surface area contributed by atoms with Crippen LogP contribution in [0.15, 0.2) is 72.8 Å². The smallest absolute Gasteiger partial charge is 0.282 e. The molecular weight excluding hydrogens is 416 g/mol. The molecule has 0 aliphatic carbocycles. The number of anilines is 2. The summed E-state index contributed by atoms with van der Waals surface area (Å²) < 4.78 is 0. The van der Waals surface area contributed by atoms with E-state index < -0.39 is 10.8 Å². The zero-order chi connectivity index (χ0) is 22.4. The molecule has 2 amide bonds. The Bertz CT molecular complexity index is 1160. The van der Waals surface area contributed by atoms with Crippen LogP contribution >= 0.6 is 12.2 Å². The van der Waals surface area contributed by atoms with Gasteiger partial charge in [-0.05, 0) is 61.6 Å². The largest absolute Gasteiger partial charge is 0.332 e. The Morgan fingerprint density at radius 2 is 1.52 bits per heavy atom. The molecule has 0 unspecified atom stereocenters. The van der Waals surface area contributed by atoms with E-state index in [2.05, 4.69) is 16.0 Å². The molecule has 0 radical (unpaired) electrons. The third-order valence-corrected chi connectivity index (χ3v) is 4.46. The van der Waals surface area contributed by atoms with E-state index in [1.54, 1.807) is 36.4 Å². The summed E-state index contributed by atoms with van der Waals surface area (Å²) >= 11 is 5.12. The second-order valence-electron chi connectivity index (χ2n) is 6.58. The van der Waals surface area contributed by atoms with Gasteiger partial charge in [0, 0.05) is 23.0 Å². The van der Waals surface area contributed by atoms with Crippen molar-refractivity contribution < 1.29 is 14.5 Å². The molecule has 0 bridgehead atoms. The molecule has 0 spiro atoms. The molecule has 0 aromatic heterocycles. The zero-order valence-electron chi connectivity index (χ0n) is 16.4. The number of amides is 2. The summed E-state index contributed by atoms with van der Waals surface area (Å²) in [6.07, 6.45) is 0. The van der Waals surface area contributed by atoms with Crippen molar-refractivity contribution in [3.8, 4) is 0 Å². The highest BCUT2D eigenvalue weighted by atomic mass is 32.1. The number of nitrogens with zero attached hydrogens (tertiary/aromatic N) is 1. The number of hydrogen-bond donors (Lipinski definition) is 3. The third kappa shape index (κ3) is 5.71. The molecule has 3 aromatic rings. The molecule has 0 aliphatic heterocycles. The predicted molar refractivity (Wildman–Crippen MR) is 122 cm³/mol. The number of nitro groups is 1. The fourth-order valence-corrected chi connectivity index (χ4v) is 2.99. The third-order valence-electron chi connectivity index (χ3n) is 4.25. The van der Waals surface area contributed by atoms with E-state index >= 15 is 0 Å². The Labute approximate surface area is 183 Å². The number of para-hydroxylation sites is 1. The number of nitro benzene ring substituents is 1. The molecule has 3 N–H and O–H groups in total. The molecule has 0 saturated carbocycles. The lowest BCUT2D eigenvalue weighted by Gasteiger charge is -2.11. The van der Waals surface area contributed by atoms with Gasteiger partial charge in [0.25, 0.3) is 17.5 Å². The van der Waals surface area contributed by atoms with E-state index in [0.717, 1.165) is 5.56 Å². The van der Waals surface area contributed by atoms with E-state index in [1.165, 1.54) is 24.3 Å². The van der Waals surface area contributed by atoms with Crippen LogP contribution in [0.2, 0.25) is 0 Å². The molecule has 31 heavy (non-hydrogen) atoms. The van der Waals surface area contributed by atoms with Crippen LogP contribution in [0.5, 0.6) is 0 Å². The lowest BCUT2D eigenvalue weighted by atomic mass is 10.1. The number of aryl methyl sites for hydroxylation is 1. The lowest BCUT2D eigenvalue weighted by molar-refractivity contribution is -0.385. The van der Waals surface area contributed by atoms with E-state index in [1.807, 2.05) is 19.1 Å². The van der Waals surface area contributed by atoms with E-state index in [-0.39, 0.29) is 22.3 Å². The molecule has 8 nitrogen and oxygen atoms in total. The fourth-order valence-electron chi connectivity index (χ4n) is 2.78. The summed E-state index contributed by atoms with van der Waals surface area (Å²) in [4.78, 5) is 35.1. The lowest BCUT2D eigenvalue weighted by Crippen LogP contribution is -2.34. The topological polar surface area (TPSA) is 113 Å². The van der Waals surface area contributed by atoms with Gasteiger partial charge in [-0.15, -0.1) is 0 Å². The molecule has 156 valence electrons. The van der Waals surface area contributed by atoms with Crippen molar-refractivity contribution >= 4 is 46.2 Å². The predicted octanol–water partition coefficient (Wildman–Crippen LogP) is 4.28. The standard InChI is InChI=1S/C22H18N4O4S/c1-14-5-4-6-15(13-14)20(27)23-16-9-11-17(12-10-16)24-22(31)25-21(28)18-7-2-3-8-19(18)26(29)30/h2-13H,1H3,(H,23,27)(H2,24,25,28,31). The van der Waals surface area contributed by atoms with Gasteiger partial charge < -0.3 is 10.6 Å². The number of carbonyl (C=O) groups is 2. The van der Waals surface area contributed by atoms with Crippen molar-refractivity contribution in [2.24, 2.45) is 0 Å². The van der Waals surface area contributed by atoms with Gasteiger partial charge in [0.05, 0.1) is 4.92 Å². The number of nitrogens with one attached hydrogen (secondary N) is 3. The van der Waals surface area contributed by atoms with Crippen LogP contribution in [0.1, 0.15) is 26.3 Å². The van der Waals surface area contributed by atoms with Gasteiger partial charge in [-0.3, -0.25) is 25.0 Å². The molecule has 3 aromatic carbocycles. The van der Waals surface area contributed by atoms with Gasteiger partial charge in [0.15, 0.2) is 5.11 Å². The molecule has 0 heterocycles. The van der Waals surface area contributed by atoms with Crippen LogP contribution in [-0.4, -0.2) is 21.9 Å². The maximum absolute atomic E-state index is 12.3. The second-order valence-corrected chi connectivity index (χ2v) is 6.99. The number of benzene rings is 3. The van der Waals surface area contributed by atoms with Gasteiger partial charge in [-0.2, -0.15) is 0 Å². The van der Waals surface area contributed by atoms with Gasteiger partial charge in [-0.25, -0.2) is 0 Å². The number of thiocarbonyl (C=S) groups is 1. The van der Waals surface area contributed by atoms with Crippen molar-refractivity contribution in [3.63, 3.8) is 0 Å². The van der Waals surface area contributed by atoms with E-state index in [9.17, 15) is 19.7 Å². The second kappa shape index (κ2) is 9.59. The van der Waals surface area contributed by atoms with E-state index in [4.69, 9.17) is 12.2 Å². The number of rotatable bonds is 5. The maximum Gasteiger partial charge on any atom is 0.282 e. The molecule has 9 heteroatoms. The summed E-state index contributed by atoms with van der Waals surface area (Å²) in [7, 11) is 0. The van der Waals surface area contributed by atoms with Crippen molar-refractivity contribution in [1.29, 1.82) is 0 Å². The molecule has 3 rings (SSSR count). The van der Waals surface area contributed by atoms with Gasteiger partial charge >= 0.3 is 0 Å². The van der Waals surface area contributed by atoms with Crippen molar-refractivity contribution in [2.75, 3.05) is 10.6 Å². The van der Waals surface area contributed by atoms with Crippen LogP contribution in [0.4, 0.5) is 17.1 Å². The molecule has 0 fully saturated rings. The highest BCUT2D eigenvalue weighted by Crippen LogP contribution is 2.18. The Morgan fingerprint density at radius 1 is 0.871 bits per heavy atom. The minimum absolute atomic E-state index is 0.0142. The zero-order valence-corrected chi connectivity index (χ0v) is 17.2. The van der Waals surface area contributed by atoms with Crippen molar-refractivity contribution in [2.45, 2.75) is 6.92 Å². The summed E-state index contributed by atoms with van der Waals surface area (Å²) in [6.45, 7) is 1.91. The Morgan fingerprint density at radius 3 is 2.16 bits per heavy atom. The van der Waals surface area contributed by atoms with Crippen molar-refractivity contribution in [1.82, 2.24) is 5.32 Å². The first-order chi connectivity index (χ1) is 14.8. The SMILES string of the molecule is Cc1cccc(C(=O)Nc2ccc(NC(=S)NC(=O)c3ccccc3[N+](=O)[O-])cc2)c1. The highest BCUT2D eigenvalue weighted by molar-refractivity contribution is 7.80. The first kappa shape index (κ1) is 21.6. The van der Waals surface area contributed by atoms with Crippen LogP contribution in [0.25, 0.3) is 0 Å². The summed E-state index contributed by atoms with van der Waals surface area (Å²) in [6, 6.07) is 19.6. The maximum atomic E-state index is 12.3. The van der Waals surface area contributed by atoms with Crippen LogP contribution < -0.4 is 16.0 Å². The monoisotopic (exact) mass is 434 g/mol. The van der Waals surface area contributed by atoms with Crippen LogP contribution in [0.3, 0.4) is 0 Å². The summed E-state index contributed by atoms with van der Waals surface area (Å²) in [5.74, 6) is -0.913. The Kier molecular flexibility index (Phi) is 6.68. The molecule has 0 atom stereocenters. The summed E-state index contributed by atoms with van der Waals surface area (Å²) in [5, 5.41) is 19.1. The highest BCUT2D eigenvalue weighted by Gasteiger charge is 2.19. The minimum Gasteiger partial charge on any atom is -0.332 e. The fraction of sp³-hybridized carbons (Fsp3) is 0.0455. The number of hydrogen-bond acceptors (Lipinski definition) is 5. The average Bonchev–Trinajstić information content (AvgIpc) is 2.75. The van der Waals surface area contributed by atoms with Crippen molar-refractivity contribution in [3.05, 3.63) is 99.6 Å². The van der Waals surface area contributed by atoms with E-state index in [0.29, 0.717) is 16.9 Å². The molecule has 0 saturated heterocycles. The first-order valence-corrected chi connectivity index (χ1v) is 9.58. The Hall–Kier alpha value is -4.11. The minimum atomic E-state index is -0.688. The van der Waals surface area contributed by atoms with Gasteiger partial charge in [0.1, 0.15) is 5.56 Å². The number of carbonyl (C=O) groups excluding carboxylic acids is 2. The van der Waals surface area contributed by atoms with Gasteiger partial charge in [0.2, 0.25) is 0 Å². The summed E-state index contributed by atoms with van der Waals surface area (Å²) in [5.41, 5.74) is 2.31. The van der Waals surface area contributed by atoms with Crippen LogP contribution in [-0.2, 0) is 0 Å². The molecular formula is C22H18N4O4S. The first-order valence-electron chi connectivity index (χ1n) is 9.17. The molecule has 0 aliphatic rings. The quantitative estimate of drug-likeness (QED) is 0.314. The van der Waals surface area contributed by atoms with Gasteiger partial charge in [-0.1, -0.05) is 29.8 Å². The normalized spacial score (nSPS) is 10.1. The Balaban J connectivity index is 1.59.